The summed E-state index contributed by atoms with van der Waals surface area (Å²) in [6.07, 6.45) is 4.21. The largest absolute Gasteiger partial charge is 0.396 e. The maximum absolute atomic E-state index is 10.0. The Morgan fingerprint density at radius 3 is 1.86 bits per heavy atom. The van der Waals surface area contributed by atoms with E-state index >= 15 is 0 Å². The number of fused-ring (bicyclic) bond motifs is 1. The minimum absolute atomic E-state index is 0.0677. The molecule has 0 aliphatic heterocycles. The average Bonchev–Trinajstić information content (AvgIpc) is 2.45. The standard InChI is InChI=1S/C11H20O3/c12-6-5-9-10(13)7-3-1-2-4-8(7)11(9)14/h7-14H,1-6H2. The van der Waals surface area contributed by atoms with Gasteiger partial charge < -0.3 is 15.3 Å². The topological polar surface area (TPSA) is 60.7 Å². The summed E-state index contributed by atoms with van der Waals surface area (Å²) in [5.41, 5.74) is 0. The normalized spacial score (nSPS) is 47.8. The van der Waals surface area contributed by atoms with Crippen LogP contribution >= 0.6 is 0 Å². The van der Waals surface area contributed by atoms with Crippen molar-refractivity contribution in [2.24, 2.45) is 17.8 Å². The second-order valence-corrected chi connectivity index (χ2v) is 4.77. The molecule has 82 valence electrons. The molecule has 0 spiro atoms. The van der Waals surface area contributed by atoms with E-state index < -0.39 is 0 Å². The predicted molar refractivity (Wildman–Crippen MR) is 52.7 cm³/mol. The van der Waals surface area contributed by atoms with Crippen LogP contribution in [0.4, 0.5) is 0 Å². The fourth-order valence-electron chi connectivity index (χ4n) is 3.36. The van der Waals surface area contributed by atoms with Gasteiger partial charge in [0, 0.05) is 12.5 Å². The van der Waals surface area contributed by atoms with Gasteiger partial charge in [0.15, 0.2) is 0 Å². The number of rotatable bonds is 2. The zero-order valence-electron chi connectivity index (χ0n) is 8.47. The molecule has 4 atom stereocenters. The van der Waals surface area contributed by atoms with Crippen LogP contribution in [-0.4, -0.2) is 34.1 Å². The molecule has 4 unspecified atom stereocenters. The molecule has 3 N–H and O–H groups in total. The lowest BCUT2D eigenvalue weighted by atomic mass is 9.80. The van der Waals surface area contributed by atoms with E-state index in [1.165, 1.54) is 12.8 Å². The monoisotopic (exact) mass is 200 g/mol. The van der Waals surface area contributed by atoms with Crippen LogP contribution in [0.25, 0.3) is 0 Å². The smallest absolute Gasteiger partial charge is 0.0625 e. The van der Waals surface area contributed by atoms with Crippen LogP contribution in [0, 0.1) is 17.8 Å². The average molecular weight is 200 g/mol. The highest BCUT2D eigenvalue weighted by molar-refractivity contribution is 4.98. The fraction of sp³-hybridized carbons (Fsp3) is 1.00. The first-order chi connectivity index (χ1) is 6.75. The molecule has 2 aliphatic rings. The quantitative estimate of drug-likeness (QED) is 0.609. The number of hydrogen-bond donors (Lipinski definition) is 3. The van der Waals surface area contributed by atoms with E-state index in [1.807, 2.05) is 0 Å². The molecule has 3 heteroatoms. The van der Waals surface area contributed by atoms with Crippen molar-refractivity contribution < 1.29 is 15.3 Å². The predicted octanol–water partition coefficient (Wildman–Crippen LogP) is 0.527. The summed E-state index contributed by atoms with van der Waals surface area (Å²) >= 11 is 0. The van der Waals surface area contributed by atoms with E-state index in [2.05, 4.69) is 0 Å². The Kier molecular flexibility index (Phi) is 3.10. The molecule has 2 fully saturated rings. The maximum atomic E-state index is 10.0. The van der Waals surface area contributed by atoms with E-state index in [0.717, 1.165) is 12.8 Å². The highest BCUT2D eigenvalue weighted by Crippen LogP contribution is 2.46. The van der Waals surface area contributed by atoms with Crippen molar-refractivity contribution in [3.8, 4) is 0 Å². The molecule has 2 saturated carbocycles. The van der Waals surface area contributed by atoms with Crippen LogP contribution in [-0.2, 0) is 0 Å². The maximum Gasteiger partial charge on any atom is 0.0625 e. The summed E-state index contributed by atoms with van der Waals surface area (Å²) < 4.78 is 0. The van der Waals surface area contributed by atoms with Crippen LogP contribution in [0.1, 0.15) is 32.1 Å². The molecule has 0 aromatic heterocycles. The molecular formula is C11H20O3. The zero-order chi connectivity index (χ0) is 10.1. The number of aliphatic hydroxyl groups excluding tert-OH is 3. The summed E-state index contributed by atoms with van der Waals surface area (Å²) in [5, 5.41) is 28.9. The van der Waals surface area contributed by atoms with Crippen LogP contribution in [0.2, 0.25) is 0 Å². The van der Waals surface area contributed by atoms with Gasteiger partial charge in [-0.15, -0.1) is 0 Å². The summed E-state index contributed by atoms with van der Waals surface area (Å²) in [6.45, 7) is 0.0677. The first-order valence-electron chi connectivity index (χ1n) is 5.72. The molecule has 14 heavy (non-hydrogen) atoms. The Bertz CT molecular complexity index is 177. The fourth-order valence-corrected chi connectivity index (χ4v) is 3.36. The van der Waals surface area contributed by atoms with Gasteiger partial charge >= 0.3 is 0 Å². The molecule has 2 rings (SSSR count). The van der Waals surface area contributed by atoms with Crippen LogP contribution in [0.15, 0.2) is 0 Å². The molecular weight excluding hydrogens is 180 g/mol. The molecule has 3 nitrogen and oxygen atoms in total. The van der Waals surface area contributed by atoms with Crippen molar-refractivity contribution in [3.63, 3.8) is 0 Å². The summed E-state index contributed by atoms with van der Waals surface area (Å²) in [6, 6.07) is 0. The molecule has 0 radical (unpaired) electrons. The van der Waals surface area contributed by atoms with Crippen molar-refractivity contribution in [3.05, 3.63) is 0 Å². The number of aliphatic hydroxyl groups is 3. The van der Waals surface area contributed by atoms with Crippen molar-refractivity contribution in [1.82, 2.24) is 0 Å². The Morgan fingerprint density at radius 1 is 0.929 bits per heavy atom. The Morgan fingerprint density at radius 2 is 1.43 bits per heavy atom. The lowest BCUT2D eigenvalue weighted by Crippen LogP contribution is -2.26. The van der Waals surface area contributed by atoms with E-state index in [1.54, 1.807) is 0 Å². The lowest BCUT2D eigenvalue weighted by Gasteiger charge is -2.27. The Hall–Kier alpha value is -0.120. The van der Waals surface area contributed by atoms with Gasteiger partial charge in [0.05, 0.1) is 12.2 Å². The Labute approximate surface area is 84.8 Å². The molecule has 0 amide bonds. The lowest BCUT2D eigenvalue weighted by molar-refractivity contribution is 0.0356. The minimum Gasteiger partial charge on any atom is -0.396 e. The van der Waals surface area contributed by atoms with Gasteiger partial charge in [-0.1, -0.05) is 12.8 Å². The highest BCUT2D eigenvalue weighted by Gasteiger charge is 2.48. The van der Waals surface area contributed by atoms with Gasteiger partial charge in [0.1, 0.15) is 0 Å². The molecule has 2 aliphatic carbocycles. The van der Waals surface area contributed by atoms with Crippen LogP contribution < -0.4 is 0 Å². The third kappa shape index (κ3) is 1.58. The Balaban J connectivity index is 2.07. The van der Waals surface area contributed by atoms with Gasteiger partial charge in [-0.25, -0.2) is 0 Å². The molecule has 0 heterocycles. The highest BCUT2D eigenvalue weighted by atomic mass is 16.3. The second kappa shape index (κ2) is 4.17. The third-order valence-electron chi connectivity index (χ3n) is 4.09. The third-order valence-corrected chi connectivity index (χ3v) is 4.09. The summed E-state index contributed by atoms with van der Waals surface area (Å²) in [4.78, 5) is 0. The second-order valence-electron chi connectivity index (χ2n) is 4.77. The van der Waals surface area contributed by atoms with Gasteiger partial charge in [-0.3, -0.25) is 0 Å². The van der Waals surface area contributed by atoms with Gasteiger partial charge in [-0.05, 0) is 31.1 Å². The van der Waals surface area contributed by atoms with Crippen LogP contribution in [0.5, 0.6) is 0 Å². The van der Waals surface area contributed by atoms with E-state index in [-0.39, 0.29) is 36.6 Å². The zero-order valence-corrected chi connectivity index (χ0v) is 8.47. The van der Waals surface area contributed by atoms with E-state index in [9.17, 15) is 10.2 Å². The van der Waals surface area contributed by atoms with E-state index in [4.69, 9.17) is 5.11 Å². The molecule has 0 saturated heterocycles. The van der Waals surface area contributed by atoms with Gasteiger partial charge in [0.25, 0.3) is 0 Å². The number of hydrogen-bond acceptors (Lipinski definition) is 3. The summed E-state index contributed by atoms with van der Waals surface area (Å²) in [7, 11) is 0. The van der Waals surface area contributed by atoms with Crippen molar-refractivity contribution in [2.75, 3.05) is 6.61 Å². The molecule has 0 bridgehead atoms. The van der Waals surface area contributed by atoms with Crippen LogP contribution in [0.3, 0.4) is 0 Å². The van der Waals surface area contributed by atoms with Gasteiger partial charge in [-0.2, -0.15) is 0 Å². The van der Waals surface area contributed by atoms with E-state index in [0.29, 0.717) is 6.42 Å². The SMILES string of the molecule is OCCC1C(O)C2CCCCC2C1O. The van der Waals surface area contributed by atoms with Gasteiger partial charge in [0.2, 0.25) is 0 Å². The van der Waals surface area contributed by atoms with Crippen molar-refractivity contribution in [1.29, 1.82) is 0 Å². The first-order valence-corrected chi connectivity index (χ1v) is 5.72. The van der Waals surface area contributed by atoms with Crippen molar-refractivity contribution >= 4 is 0 Å². The summed E-state index contributed by atoms with van der Waals surface area (Å²) in [5.74, 6) is 0.485. The molecule has 0 aromatic carbocycles. The van der Waals surface area contributed by atoms with Crippen molar-refractivity contribution in [2.45, 2.75) is 44.3 Å². The first kappa shape index (κ1) is 10.4. The minimum atomic E-state index is -0.387. The molecule has 0 aromatic rings.